The number of carbonyl (C=O) groups is 4. The third-order valence-electron chi connectivity index (χ3n) is 14.1. The van der Waals surface area contributed by atoms with E-state index in [4.69, 9.17) is 27.2 Å². The number of carbonyl (C=O) groups excluding carboxylic acids is 3. The summed E-state index contributed by atoms with van der Waals surface area (Å²) in [6.45, 7) is 5.36. The first-order valence-corrected chi connectivity index (χ1v) is 39.8. The first-order valence-electron chi connectivity index (χ1n) is 31.6. The Morgan fingerprint density at radius 2 is 0.972 bits per heavy atom. The number of nitrogen functional groups attached to an aromatic ring is 1. The number of aromatic carboxylic acids is 1. The van der Waals surface area contributed by atoms with Crippen molar-refractivity contribution in [2.75, 3.05) is 27.2 Å². The number of halogens is 3. The predicted molar refractivity (Wildman–Crippen MR) is 428 cm³/mol. The van der Waals surface area contributed by atoms with Gasteiger partial charge in [0.1, 0.15) is 64.5 Å². The molecule has 0 aliphatic carbocycles. The maximum Gasteiger partial charge on any atom is 0.412 e. The molecule has 22 nitrogen and oxygen atoms in total. The standard InChI is InChI=1S/C20H14F2N2O2S2.C13H10N2O2S2.C12H14N2O2S.C9H7NO2S.C8H5NO2S.C7H6N2S.C6H4ClNO/c21-17-9-8-14(11-18(17)22)13-24(28(25,26)16-6-2-1-3-7-16)19-12-15-5-4-10-23-20(15)27-19;16-19(17,11-6-2-1-3-7-11)15-12-9-10-5-4-8-14-13(10)18-12;1-12(2,3)16-11(15)14-9-7-8-5-4-6-13-10(8)17-9;1-12-9(11)7-5-6-3-2-4-10-8(6)13-7;10-8(11)6-4-5-2-1-3-9-7(5)12-6;8-6-4-5-2-1-3-9-7(5)10-6;7-6-5(4-9)2-1-3-8-6/h1-12H,13H2;1-9,15H;4-7H,1-3H3,(H,14,15);2-5H,1H3;1-4H,(H,10,11);1-4H,8H2;1-4H. The van der Waals surface area contributed by atoms with Crippen LogP contribution in [0.25, 0.3) is 61.3 Å². The average Bonchev–Trinajstić information content (AvgIpc) is 1.53. The molecule has 16 rings (SSSR count). The van der Waals surface area contributed by atoms with Crippen LogP contribution in [0.5, 0.6) is 0 Å². The van der Waals surface area contributed by atoms with E-state index < -0.39 is 49.3 Å². The summed E-state index contributed by atoms with van der Waals surface area (Å²) in [5, 5.41) is 20.0. The Morgan fingerprint density at radius 3 is 1.44 bits per heavy atom. The molecule has 0 bridgehead atoms. The van der Waals surface area contributed by atoms with Crippen molar-refractivity contribution >= 4 is 205 Å². The Labute approximate surface area is 645 Å². The molecule has 0 fully saturated rings. The number of nitrogens with one attached hydrogen (secondary N) is 2. The number of nitrogens with two attached hydrogens (primary N) is 1. The number of carboxylic acids is 1. The fraction of sp³-hybridized carbons (Fsp3) is 0.0800. The highest BCUT2D eigenvalue weighted by Gasteiger charge is 2.28. The molecule has 0 saturated carbocycles. The molecule has 3 aromatic carbocycles. The molecule has 5 N–H and O–H groups in total. The zero-order chi connectivity index (χ0) is 77.0. The lowest BCUT2D eigenvalue weighted by Crippen LogP contribution is -2.30. The zero-order valence-electron chi connectivity index (χ0n) is 57.0. The average molecular weight is 1620 g/mol. The highest BCUT2D eigenvalue weighted by atomic mass is 35.5. The number of hydrogen-bond acceptors (Lipinski definition) is 24. The Bertz CT molecular complexity index is 5830. The molecular weight excluding hydrogens is 1560 g/mol. The van der Waals surface area contributed by atoms with Crippen LogP contribution in [0, 0.1) is 11.6 Å². The van der Waals surface area contributed by atoms with E-state index in [0.29, 0.717) is 42.0 Å². The number of ether oxygens (including phenoxy) is 2. The Hall–Kier alpha value is -11.2. The van der Waals surface area contributed by atoms with Crippen LogP contribution in [0.15, 0.2) is 253 Å². The van der Waals surface area contributed by atoms with E-state index in [1.165, 1.54) is 104 Å². The summed E-state index contributed by atoms with van der Waals surface area (Å²) in [5.74, 6) is -3.19. The number of anilines is 4. The number of esters is 1. The fourth-order valence-electron chi connectivity index (χ4n) is 9.27. The number of amides is 1. The van der Waals surface area contributed by atoms with E-state index >= 15 is 0 Å². The number of thiophene rings is 6. The highest BCUT2D eigenvalue weighted by molar-refractivity contribution is 7.93. The molecule has 0 aliphatic heterocycles. The second-order valence-electron chi connectivity index (χ2n) is 23.0. The van der Waals surface area contributed by atoms with Crippen LogP contribution in [0.2, 0.25) is 5.15 Å². The van der Waals surface area contributed by atoms with Gasteiger partial charge in [-0.1, -0.05) is 136 Å². The van der Waals surface area contributed by atoms with E-state index in [1.807, 2.05) is 93.6 Å². The number of aldehydes is 1. The van der Waals surface area contributed by atoms with E-state index in [0.717, 1.165) is 78.6 Å². The summed E-state index contributed by atoms with van der Waals surface area (Å²) < 4.78 is 91.4. The molecule has 13 aromatic heterocycles. The Kier molecular flexibility index (Phi) is 27.1. The van der Waals surface area contributed by atoms with Crippen molar-refractivity contribution in [2.24, 2.45) is 0 Å². The van der Waals surface area contributed by atoms with Crippen LogP contribution in [-0.4, -0.2) is 93.9 Å². The van der Waals surface area contributed by atoms with Gasteiger partial charge in [0, 0.05) is 75.7 Å². The molecule has 108 heavy (non-hydrogen) atoms. The lowest BCUT2D eigenvalue weighted by molar-refractivity contribution is 0.0603. The lowest BCUT2D eigenvalue weighted by atomic mass is 10.2. The molecule has 550 valence electrons. The number of methoxy groups -OCH3 is 1. The fourth-order valence-corrected chi connectivity index (χ4v) is 17.7. The molecule has 0 atom stereocenters. The van der Waals surface area contributed by atoms with Crippen molar-refractivity contribution in [1.29, 1.82) is 0 Å². The highest BCUT2D eigenvalue weighted by Crippen LogP contribution is 2.37. The van der Waals surface area contributed by atoms with Gasteiger partial charge in [-0.25, -0.2) is 74.9 Å². The van der Waals surface area contributed by atoms with Crippen molar-refractivity contribution in [3.8, 4) is 0 Å². The maximum atomic E-state index is 13.7. The van der Waals surface area contributed by atoms with E-state index in [-0.39, 0.29) is 27.5 Å². The van der Waals surface area contributed by atoms with Gasteiger partial charge in [-0.05, 0) is 148 Å². The first-order chi connectivity index (χ1) is 51.8. The molecule has 0 unspecified atom stereocenters. The number of sulfonamides is 2. The van der Waals surface area contributed by atoms with Crippen molar-refractivity contribution in [3.63, 3.8) is 0 Å². The largest absolute Gasteiger partial charge is 0.477 e. The number of aromatic nitrogens is 7. The molecular formula is C75H60ClF2N11O11S8. The number of nitrogens with zero attached hydrogens (tertiary/aromatic N) is 8. The minimum Gasteiger partial charge on any atom is -0.477 e. The molecule has 0 radical (unpaired) electrons. The van der Waals surface area contributed by atoms with E-state index in [9.17, 15) is 44.8 Å². The zero-order valence-corrected chi connectivity index (χ0v) is 64.3. The van der Waals surface area contributed by atoms with Crippen LogP contribution >= 0.6 is 79.6 Å². The Balaban J connectivity index is 0.000000139. The van der Waals surface area contributed by atoms with Crippen LogP contribution in [-0.2, 0) is 36.1 Å². The maximum absolute atomic E-state index is 13.7. The molecule has 0 saturated heterocycles. The number of pyridine rings is 7. The van der Waals surface area contributed by atoms with Gasteiger partial charge in [-0.3, -0.25) is 19.1 Å². The van der Waals surface area contributed by atoms with Gasteiger partial charge in [0.2, 0.25) is 0 Å². The van der Waals surface area contributed by atoms with Gasteiger partial charge in [0.15, 0.2) is 17.9 Å². The molecule has 0 aliphatic rings. The second-order valence-corrected chi connectivity index (χ2v) is 33.1. The third-order valence-corrected chi connectivity index (χ3v) is 23.8. The monoisotopic (exact) mass is 1620 g/mol. The van der Waals surface area contributed by atoms with Gasteiger partial charge in [-0.2, -0.15) is 0 Å². The summed E-state index contributed by atoms with van der Waals surface area (Å²) in [6, 6.07) is 56.2. The minimum atomic E-state index is -3.92. The quantitative estimate of drug-likeness (QED) is 0.0501. The number of benzene rings is 3. The number of hydrogen-bond donors (Lipinski definition) is 4. The minimum absolute atomic E-state index is 0.114. The number of fused-ring (bicyclic) bond motifs is 6. The normalized spacial score (nSPS) is 11.0. The summed E-state index contributed by atoms with van der Waals surface area (Å²) in [6.07, 6.45) is 12.0. The van der Waals surface area contributed by atoms with Crippen LogP contribution < -0.4 is 20.1 Å². The van der Waals surface area contributed by atoms with Gasteiger partial charge in [0.25, 0.3) is 20.0 Å². The second kappa shape index (κ2) is 36.9. The first kappa shape index (κ1) is 79.4. The van der Waals surface area contributed by atoms with Crippen molar-refractivity contribution < 1.29 is 59.4 Å². The van der Waals surface area contributed by atoms with E-state index in [2.05, 4.69) is 49.7 Å². The summed E-state index contributed by atoms with van der Waals surface area (Å²) in [5.41, 5.74) is 5.85. The molecule has 1 amide bonds. The lowest BCUT2D eigenvalue weighted by Gasteiger charge is -2.23. The molecule has 33 heteroatoms. The topological polar surface area (TPSA) is 319 Å². The van der Waals surface area contributed by atoms with Crippen LogP contribution in [0.4, 0.5) is 33.6 Å². The molecule has 16 aromatic rings. The summed E-state index contributed by atoms with van der Waals surface area (Å²) >= 11 is 13.5. The van der Waals surface area contributed by atoms with Crippen LogP contribution in [0.1, 0.15) is 56.0 Å². The van der Waals surface area contributed by atoms with Gasteiger partial charge < -0.3 is 20.3 Å². The van der Waals surface area contributed by atoms with Gasteiger partial charge in [0.05, 0.1) is 34.0 Å². The molecule has 0 spiro atoms. The summed E-state index contributed by atoms with van der Waals surface area (Å²) in [4.78, 5) is 78.4. The van der Waals surface area contributed by atoms with Gasteiger partial charge in [-0.15, -0.1) is 22.7 Å². The van der Waals surface area contributed by atoms with Crippen molar-refractivity contribution in [2.45, 2.75) is 42.7 Å². The Morgan fingerprint density at radius 1 is 0.528 bits per heavy atom. The van der Waals surface area contributed by atoms with Crippen molar-refractivity contribution in [1.82, 2.24) is 34.9 Å². The number of carboxylic acid groups (broad SMARTS) is 1. The SMILES string of the molecule is CC(C)(C)OC(=O)Nc1cc2cccnc2s1.COC(=O)c1cc2cccnc2s1.Nc1cc2cccnc2s1.O=C(O)c1cc2cccnc2s1.O=Cc1cccnc1Cl.O=S(=O)(Nc1cc2cccnc2s1)c1ccccc1.O=S(=O)(c1ccccc1)N(Cc1ccc(F)c(F)c1)c1cc2cccnc2s1. The van der Waals surface area contributed by atoms with Gasteiger partial charge >= 0.3 is 18.0 Å². The van der Waals surface area contributed by atoms with Crippen molar-refractivity contribution in [3.05, 3.63) is 281 Å². The predicted octanol–water partition coefficient (Wildman–Crippen LogP) is 19.2. The van der Waals surface area contributed by atoms with E-state index in [1.54, 1.807) is 134 Å². The smallest absolute Gasteiger partial charge is 0.412 e. The number of rotatable bonds is 12. The summed E-state index contributed by atoms with van der Waals surface area (Å²) in [7, 11) is -6.08. The third kappa shape index (κ3) is 22.0. The van der Waals surface area contributed by atoms with Crippen LogP contribution in [0.3, 0.4) is 0 Å². The molecule has 13 heterocycles.